The van der Waals surface area contributed by atoms with Gasteiger partial charge in [0.25, 0.3) is 5.91 Å². The molecule has 4 aromatic rings. The van der Waals surface area contributed by atoms with E-state index in [9.17, 15) is 9.59 Å². The van der Waals surface area contributed by atoms with Crippen LogP contribution in [-0.4, -0.2) is 52.5 Å². The number of hydrogen-bond donors (Lipinski definition) is 1. The minimum absolute atomic E-state index is 0.00544. The van der Waals surface area contributed by atoms with Gasteiger partial charge in [-0.05, 0) is 42.3 Å². The van der Waals surface area contributed by atoms with Crippen molar-refractivity contribution in [3.05, 3.63) is 102 Å². The summed E-state index contributed by atoms with van der Waals surface area (Å²) in [5, 5.41) is 4.02. The highest BCUT2D eigenvalue weighted by Gasteiger charge is 2.27. The SMILES string of the molecule is Cc1cccc(NC(=O)N2CCN(C(=O)c3cc4ccccc4n3Cc3ccccc3)CC2)c1. The molecule has 1 fully saturated rings. The highest BCUT2D eigenvalue weighted by Crippen LogP contribution is 2.23. The number of carbonyl (C=O) groups excluding carboxylic acids is 2. The van der Waals surface area contributed by atoms with E-state index in [2.05, 4.69) is 28.1 Å². The van der Waals surface area contributed by atoms with Gasteiger partial charge < -0.3 is 19.7 Å². The van der Waals surface area contributed by atoms with Crippen LogP contribution in [0.1, 0.15) is 21.6 Å². The number of amides is 3. The maximum absolute atomic E-state index is 13.6. The minimum atomic E-state index is -0.129. The van der Waals surface area contributed by atoms with Crippen molar-refractivity contribution >= 4 is 28.5 Å². The summed E-state index contributed by atoms with van der Waals surface area (Å²) < 4.78 is 2.10. The standard InChI is InChI=1S/C28H28N4O2/c1-21-8-7-12-24(18-21)29-28(34)31-16-14-30(15-17-31)27(33)26-19-23-11-5-6-13-25(23)32(26)20-22-9-3-2-4-10-22/h2-13,18-19H,14-17,20H2,1H3,(H,29,34). The van der Waals surface area contributed by atoms with Crippen molar-refractivity contribution in [2.45, 2.75) is 13.5 Å². The normalized spacial score (nSPS) is 13.8. The fourth-order valence-corrected chi connectivity index (χ4v) is 4.52. The molecule has 2 heterocycles. The molecule has 0 aliphatic carbocycles. The van der Waals surface area contributed by atoms with Gasteiger partial charge in [0.1, 0.15) is 5.69 Å². The largest absolute Gasteiger partial charge is 0.334 e. The van der Waals surface area contributed by atoms with Gasteiger partial charge in [0.2, 0.25) is 0 Å². The zero-order chi connectivity index (χ0) is 23.5. The van der Waals surface area contributed by atoms with Crippen molar-refractivity contribution in [2.75, 3.05) is 31.5 Å². The highest BCUT2D eigenvalue weighted by molar-refractivity contribution is 5.99. The van der Waals surface area contributed by atoms with E-state index in [0.29, 0.717) is 38.4 Å². The Balaban J connectivity index is 1.30. The number of nitrogens with one attached hydrogen (secondary N) is 1. The van der Waals surface area contributed by atoms with Crippen LogP contribution in [0.4, 0.5) is 10.5 Å². The van der Waals surface area contributed by atoms with E-state index < -0.39 is 0 Å². The van der Waals surface area contributed by atoms with Crippen LogP contribution in [0.2, 0.25) is 0 Å². The fourth-order valence-electron chi connectivity index (χ4n) is 4.52. The Hall–Kier alpha value is -4.06. The number of urea groups is 1. The maximum Gasteiger partial charge on any atom is 0.321 e. The lowest BCUT2D eigenvalue weighted by Crippen LogP contribution is -2.52. The first-order chi connectivity index (χ1) is 16.6. The first-order valence-electron chi connectivity index (χ1n) is 11.6. The summed E-state index contributed by atoms with van der Waals surface area (Å²) in [6, 6.07) is 27.9. The van der Waals surface area contributed by atoms with E-state index in [-0.39, 0.29) is 11.9 Å². The third-order valence-electron chi connectivity index (χ3n) is 6.34. The lowest BCUT2D eigenvalue weighted by molar-refractivity contribution is 0.0662. The molecule has 1 aliphatic rings. The van der Waals surface area contributed by atoms with Gasteiger partial charge >= 0.3 is 6.03 Å². The lowest BCUT2D eigenvalue weighted by atomic mass is 10.2. The molecular weight excluding hydrogens is 424 g/mol. The summed E-state index contributed by atoms with van der Waals surface area (Å²) in [5.74, 6) is 0.00544. The third kappa shape index (κ3) is 4.53. The van der Waals surface area contributed by atoms with Gasteiger partial charge in [0.05, 0.1) is 0 Å². The molecule has 6 nitrogen and oxygen atoms in total. The van der Waals surface area contributed by atoms with E-state index >= 15 is 0 Å². The third-order valence-corrected chi connectivity index (χ3v) is 6.34. The minimum Gasteiger partial charge on any atom is -0.334 e. The van der Waals surface area contributed by atoms with Crippen LogP contribution < -0.4 is 5.32 Å². The predicted molar refractivity (Wildman–Crippen MR) is 135 cm³/mol. The molecule has 172 valence electrons. The number of benzene rings is 3. The van der Waals surface area contributed by atoms with Gasteiger partial charge in [-0.25, -0.2) is 4.79 Å². The zero-order valence-electron chi connectivity index (χ0n) is 19.3. The van der Waals surface area contributed by atoms with Gasteiger partial charge in [-0.1, -0.05) is 60.7 Å². The quantitative estimate of drug-likeness (QED) is 0.474. The molecule has 1 aliphatic heterocycles. The van der Waals surface area contributed by atoms with E-state index in [1.54, 1.807) is 4.90 Å². The van der Waals surface area contributed by atoms with Crippen LogP contribution in [-0.2, 0) is 6.54 Å². The van der Waals surface area contributed by atoms with Crippen LogP contribution in [0.25, 0.3) is 10.9 Å². The van der Waals surface area contributed by atoms with Crippen LogP contribution in [0, 0.1) is 6.92 Å². The first-order valence-corrected chi connectivity index (χ1v) is 11.6. The lowest BCUT2D eigenvalue weighted by Gasteiger charge is -2.34. The molecule has 6 heteroatoms. The molecule has 0 unspecified atom stereocenters. The summed E-state index contributed by atoms with van der Waals surface area (Å²) >= 11 is 0. The molecule has 3 aromatic carbocycles. The molecule has 0 radical (unpaired) electrons. The Kier molecular flexibility index (Phi) is 6.04. The van der Waals surface area contributed by atoms with Gasteiger partial charge in [-0.2, -0.15) is 0 Å². The number of rotatable bonds is 4. The van der Waals surface area contributed by atoms with Gasteiger partial charge in [0, 0.05) is 49.3 Å². The monoisotopic (exact) mass is 452 g/mol. The van der Waals surface area contributed by atoms with Crippen molar-refractivity contribution in [1.82, 2.24) is 14.4 Å². The summed E-state index contributed by atoms with van der Waals surface area (Å²) in [6.07, 6.45) is 0. The maximum atomic E-state index is 13.6. The highest BCUT2D eigenvalue weighted by atomic mass is 16.2. The van der Waals surface area contributed by atoms with Gasteiger partial charge in [-0.3, -0.25) is 4.79 Å². The van der Waals surface area contributed by atoms with Crippen molar-refractivity contribution < 1.29 is 9.59 Å². The summed E-state index contributed by atoms with van der Waals surface area (Å²) in [5.41, 5.74) is 4.76. The molecular formula is C28H28N4O2. The molecule has 34 heavy (non-hydrogen) atoms. The average molecular weight is 453 g/mol. The molecule has 0 bridgehead atoms. The summed E-state index contributed by atoms with van der Waals surface area (Å²) in [7, 11) is 0. The van der Waals surface area contributed by atoms with E-state index in [1.807, 2.05) is 78.6 Å². The van der Waals surface area contributed by atoms with E-state index in [0.717, 1.165) is 27.7 Å². The molecule has 1 N–H and O–H groups in total. The van der Waals surface area contributed by atoms with Crippen molar-refractivity contribution in [1.29, 1.82) is 0 Å². The Morgan fingerprint density at radius 3 is 2.26 bits per heavy atom. The number of carbonyl (C=O) groups is 2. The number of hydrogen-bond acceptors (Lipinski definition) is 2. The number of piperazine rings is 1. The molecule has 5 rings (SSSR count). The molecule has 0 saturated carbocycles. The topological polar surface area (TPSA) is 57.6 Å². The Morgan fingerprint density at radius 1 is 0.794 bits per heavy atom. The number of para-hydroxylation sites is 1. The Labute approximate surface area is 199 Å². The second-order valence-electron chi connectivity index (χ2n) is 8.74. The predicted octanol–water partition coefficient (Wildman–Crippen LogP) is 4.99. The molecule has 1 aromatic heterocycles. The smallest absolute Gasteiger partial charge is 0.321 e. The second kappa shape index (κ2) is 9.43. The fraction of sp³-hybridized carbons (Fsp3) is 0.214. The van der Waals surface area contributed by atoms with Crippen LogP contribution in [0.3, 0.4) is 0 Å². The van der Waals surface area contributed by atoms with Gasteiger partial charge in [0.15, 0.2) is 0 Å². The molecule has 0 atom stereocenters. The van der Waals surface area contributed by atoms with Crippen molar-refractivity contribution in [2.24, 2.45) is 0 Å². The zero-order valence-corrected chi connectivity index (χ0v) is 19.3. The molecule has 1 saturated heterocycles. The molecule has 3 amide bonds. The van der Waals surface area contributed by atoms with Crippen LogP contribution in [0.15, 0.2) is 84.9 Å². The molecule has 0 spiro atoms. The summed E-state index contributed by atoms with van der Waals surface area (Å²) in [4.78, 5) is 29.9. The Bertz CT molecular complexity index is 1320. The number of aromatic nitrogens is 1. The average Bonchev–Trinajstić information content (AvgIpc) is 3.22. The van der Waals surface area contributed by atoms with E-state index in [1.165, 1.54) is 0 Å². The Morgan fingerprint density at radius 2 is 1.50 bits per heavy atom. The van der Waals surface area contributed by atoms with Crippen molar-refractivity contribution in [3.8, 4) is 0 Å². The number of aryl methyl sites for hydroxylation is 1. The first kappa shape index (κ1) is 21.8. The number of fused-ring (bicyclic) bond motifs is 1. The number of anilines is 1. The van der Waals surface area contributed by atoms with Crippen LogP contribution >= 0.6 is 0 Å². The second-order valence-corrected chi connectivity index (χ2v) is 8.74. The van der Waals surface area contributed by atoms with Crippen LogP contribution in [0.5, 0.6) is 0 Å². The van der Waals surface area contributed by atoms with Crippen molar-refractivity contribution in [3.63, 3.8) is 0 Å². The summed E-state index contributed by atoms with van der Waals surface area (Å²) in [6.45, 7) is 4.65. The van der Waals surface area contributed by atoms with Gasteiger partial charge in [-0.15, -0.1) is 0 Å². The number of nitrogens with zero attached hydrogens (tertiary/aromatic N) is 3. The van der Waals surface area contributed by atoms with E-state index in [4.69, 9.17) is 0 Å².